The Labute approximate surface area is 110 Å². The molecule has 0 saturated heterocycles. The highest BCUT2D eigenvalue weighted by molar-refractivity contribution is 5.82. The Bertz CT molecular complexity index is 461. The summed E-state index contributed by atoms with van der Waals surface area (Å²) in [7, 11) is 0. The second-order valence-electron chi connectivity index (χ2n) is 4.46. The minimum absolute atomic E-state index is 0.0272. The number of halogens is 1. The highest BCUT2D eigenvalue weighted by atomic mass is 19.1. The van der Waals surface area contributed by atoms with Gasteiger partial charge in [-0.25, -0.2) is 9.18 Å². The second kappa shape index (κ2) is 5.77. The lowest BCUT2D eigenvalue weighted by molar-refractivity contribution is -0.573. The standard InChI is InChI=1S/C13H16FNO4/c1-9(2)19-12(16)13(10(3)14,15(17)18)11-7-5-4-6-8-11/h4-10H,1-3H3. The van der Waals surface area contributed by atoms with Crippen LogP contribution in [0.15, 0.2) is 30.3 Å². The quantitative estimate of drug-likeness (QED) is 0.467. The van der Waals surface area contributed by atoms with Gasteiger partial charge in [-0.05, 0) is 20.8 Å². The van der Waals surface area contributed by atoms with E-state index >= 15 is 0 Å². The molecule has 5 nitrogen and oxygen atoms in total. The minimum Gasteiger partial charge on any atom is -0.457 e. The summed E-state index contributed by atoms with van der Waals surface area (Å²) in [5.41, 5.74) is -2.55. The fraction of sp³-hybridized carbons (Fsp3) is 0.462. The zero-order valence-corrected chi connectivity index (χ0v) is 11.0. The van der Waals surface area contributed by atoms with Crippen LogP contribution in [0, 0.1) is 10.1 Å². The molecule has 0 aliphatic heterocycles. The molecule has 0 aliphatic rings. The molecule has 0 aromatic heterocycles. The van der Waals surface area contributed by atoms with Crippen LogP contribution in [0.3, 0.4) is 0 Å². The molecule has 2 atom stereocenters. The predicted molar refractivity (Wildman–Crippen MR) is 66.9 cm³/mol. The molecular formula is C13H16FNO4. The molecule has 0 radical (unpaired) electrons. The summed E-state index contributed by atoms with van der Waals surface area (Å²) in [6, 6.07) is 7.35. The van der Waals surface area contributed by atoms with E-state index in [1.54, 1.807) is 19.9 Å². The van der Waals surface area contributed by atoms with Crippen LogP contribution in [-0.4, -0.2) is 23.2 Å². The van der Waals surface area contributed by atoms with Gasteiger partial charge < -0.3 is 4.74 Å². The molecule has 0 heterocycles. The van der Waals surface area contributed by atoms with Crippen LogP contribution < -0.4 is 0 Å². The SMILES string of the molecule is CC(C)OC(=O)C(c1ccccc1)(C(C)F)[N+](=O)[O-]. The van der Waals surface area contributed by atoms with Gasteiger partial charge >= 0.3 is 11.5 Å². The Morgan fingerprint density at radius 2 is 1.84 bits per heavy atom. The first kappa shape index (κ1) is 15.1. The summed E-state index contributed by atoms with van der Waals surface area (Å²) in [5, 5.41) is 11.4. The Kier molecular flexibility index (Phi) is 4.58. The number of esters is 1. The highest BCUT2D eigenvalue weighted by Gasteiger charge is 2.60. The fourth-order valence-corrected chi connectivity index (χ4v) is 1.83. The first-order valence-corrected chi connectivity index (χ1v) is 5.88. The van der Waals surface area contributed by atoms with Crippen LogP contribution in [0.4, 0.5) is 4.39 Å². The Hall–Kier alpha value is -1.98. The molecule has 0 bridgehead atoms. The molecule has 0 amide bonds. The largest absolute Gasteiger partial charge is 0.457 e. The van der Waals surface area contributed by atoms with Gasteiger partial charge in [0.25, 0.3) is 0 Å². The number of rotatable bonds is 5. The van der Waals surface area contributed by atoms with E-state index in [1.165, 1.54) is 24.3 Å². The van der Waals surface area contributed by atoms with Crippen LogP contribution in [0.25, 0.3) is 0 Å². The number of nitrogens with zero attached hydrogens (tertiary/aromatic N) is 1. The average Bonchev–Trinajstić information content (AvgIpc) is 2.29. The Balaban J connectivity index is 3.40. The van der Waals surface area contributed by atoms with Crippen molar-refractivity contribution in [2.24, 2.45) is 0 Å². The zero-order chi connectivity index (χ0) is 14.6. The molecule has 2 unspecified atom stereocenters. The third-order valence-corrected chi connectivity index (χ3v) is 2.73. The summed E-state index contributed by atoms with van der Waals surface area (Å²) in [5.74, 6) is -1.19. The second-order valence-corrected chi connectivity index (χ2v) is 4.46. The summed E-state index contributed by atoms with van der Waals surface area (Å²) in [4.78, 5) is 22.5. The third-order valence-electron chi connectivity index (χ3n) is 2.73. The Morgan fingerprint density at radius 1 is 1.32 bits per heavy atom. The molecule has 0 spiro atoms. The lowest BCUT2D eigenvalue weighted by Gasteiger charge is -2.25. The number of ether oxygens (including phenoxy) is 1. The maximum atomic E-state index is 13.9. The minimum atomic E-state index is -2.52. The summed E-state index contributed by atoms with van der Waals surface area (Å²) >= 11 is 0. The van der Waals surface area contributed by atoms with E-state index in [-0.39, 0.29) is 5.56 Å². The highest BCUT2D eigenvalue weighted by Crippen LogP contribution is 2.33. The zero-order valence-electron chi connectivity index (χ0n) is 11.0. The molecule has 0 aliphatic carbocycles. The van der Waals surface area contributed by atoms with E-state index in [4.69, 9.17) is 4.74 Å². The van der Waals surface area contributed by atoms with Gasteiger partial charge in [-0.15, -0.1) is 0 Å². The smallest absolute Gasteiger partial charge is 0.393 e. The van der Waals surface area contributed by atoms with Crippen molar-refractivity contribution in [2.75, 3.05) is 0 Å². The van der Waals surface area contributed by atoms with E-state index < -0.39 is 28.7 Å². The topological polar surface area (TPSA) is 69.4 Å². The van der Waals surface area contributed by atoms with Crippen LogP contribution >= 0.6 is 0 Å². The molecular weight excluding hydrogens is 253 g/mol. The number of alkyl halides is 1. The first-order chi connectivity index (χ1) is 8.83. The predicted octanol–water partition coefficient (Wildman–Crippen LogP) is 2.47. The van der Waals surface area contributed by atoms with Crippen LogP contribution in [0.5, 0.6) is 0 Å². The first-order valence-electron chi connectivity index (χ1n) is 5.88. The van der Waals surface area contributed by atoms with Crippen molar-refractivity contribution in [1.29, 1.82) is 0 Å². The van der Waals surface area contributed by atoms with Gasteiger partial charge in [-0.1, -0.05) is 30.3 Å². The number of benzene rings is 1. The average molecular weight is 269 g/mol. The van der Waals surface area contributed by atoms with E-state index in [0.717, 1.165) is 6.92 Å². The molecule has 104 valence electrons. The number of hydrogen-bond donors (Lipinski definition) is 0. The Morgan fingerprint density at radius 3 is 2.21 bits per heavy atom. The van der Waals surface area contributed by atoms with Crippen molar-refractivity contribution in [1.82, 2.24) is 0 Å². The number of nitro groups is 1. The van der Waals surface area contributed by atoms with E-state index in [9.17, 15) is 19.3 Å². The molecule has 0 fully saturated rings. The van der Waals surface area contributed by atoms with Crippen molar-refractivity contribution in [3.8, 4) is 0 Å². The van der Waals surface area contributed by atoms with Crippen LogP contribution in [0.1, 0.15) is 26.3 Å². The monoisotopic (exact) mass is 269 g/mol. The summed E-state index contributed by atoms with van der Waals surface area (Å²) < 4.78 is 18.8. The van der Waals surface area contributed by atoms with Gasteiger partial charge in [0.2, 0.25) is 0 Å². The molecule has 1 rings (SSSR count). The van der Waals surface area contributed by atoms with Gasteiger partial charge in [-0.2, -0.15) is 0 Å². The normalized spacial score (nSPS) is 15.6. The number of carbonyl (C=O) groups is 1. The molecule has 1 aromatic carbocycles. The maximum absolute atomic E-state index is 13.9. The fourth-order valence-electron chi connectivity index (χ4n) is 1.83. The van der Waals surface area contributed by atoms with Crippen molar-refractivity contribution in [3.05, 3.63) is 46.0 Å². The lowest BCUT2D eigenvalue weighted by atomic mass is 9.86. The van der Waals surface area contributed by atoms with E-state index in [0.29, 0.717) is 0 Å². The van der Waals surface area contributed by atoms with Crippen molar-refractivity contribution in [2.45, 2.75) is 38.6 Å². The van der Waals surface area contributed by atoms with Gasteiger partial charge in [0, 0.05) is 10.5 Å². The van der Waals surface area contributed by atoms with Gasteiger partial charge in [0.15, 0.2) is 6.17 Å². The summed E-state index contributed by atoms with van der Waals surface area (Å²) in [6.45, 7) is 4.09. The molecule has 6 heteroatoms. The molecule has 0 N–H and O–H groups in total. The van der Waals surface area contributed by atoms with Gasteiger partial charge in [0.1, 0.15) is 0 Å². The third kappa shape index (κ3) is 2.72. The maximum Gasteiger partial charge on any atom is 0.393 e. The van der Waals surface area contributed by atoms with Gasteiger partial charge in [-0.3, -0.25) is 10.1 Å². The van der Waals surface area contributed by atoms with E-state index in [1.807, 2.05) is 0 Å². The van der Waals surface area contributed by atoms with Crippen molar-refractivity contribution >= 4 is 5.97 Å². The molecule has 0 saturated carbocycles. The van der Waals surface area contributed by atoms with Crippen LogP contribution in [0.2, 0.25) is 0 Å². The van der Waals surface area contributed by atoms with Crippen molar-refractivity contribution < 1.29 is 18.8 Å². The number of carbonyl (C=O) groups excluding carboxylic acids is 1. The van der Waals surface area contributed by atoms with E-state index in [2.05, 4.69) is 0 Å². The summed E-state index contributed by atoms with van der Waals surface area (Å²) in [6.07, 6.45) is -2.58. The lowest BCUT2D eigenvalue weighted by Crippen LogP contribution is -2.51. The van der Waals surface area contributed by atoms with Crippen molar-refractivity contribution in [3.63, 3.8) is 0 Å². The molecule has 1 aromatic rings. The number of hydrogen-bond acceptors (Lipinski definition) is 4. The van der Waals surface area contributed by atoms with Crippen LogP contribution in [-0.2, 0) is 15.1 Å². The van der Waals surface area contributed by atoms with Gasteiger partial charge in [0.05, 0.1) is 6.10 Å². The molecule has 19 heavy (non-hydrogen) atoms.